The van der Waals surface area contributed by atoms with E-state index in [4.69, 9.17) is 0 Å². The highest BCUT2D eigenvalue weighted by atomic mass is 32.1. The first kappa shape index (κ1) is 13.7. The average Bonchev–Trinajstić information content (AvgIpc) is 2.88. The molecule has 0 aliphatic carbocycles. The molecule has 0 aliphatic heterocycles. The molecule has 0 spiro atoms. The van der Waals surface area contributed by atoms with Crippen molar-refractivity contribution in [3.63, 3.8) is 0 Å². The van der Waals surface area contributed by atoms with E-state index in [1.165, 1.54) is 11.3 Å². The van der Waals surface area contributed by atoms with E-state index in [-0.39, 0.29) is 11.6 Å². The van der Waals surface area contributed by atoms with Crippen LogP contribution in [0.5, 0.6) is 0 Å². The maximum Gasteiger partial charge on any atom is 0.168 e. The minimum absolute atomic E-state index is 0.0499. The van der Waals surface area contributed by atoms with Gasteiger partial charge in [0.05, 0.1) is 5.01 Å². The SMILES string of the molecule is CCNc1nc(NCCc2nccs2)c(F)cc1F. The zero-order valence-corrected chi connectivity index (χ0v) is 11.2. The third-order valence-electron chi connectivity index (χ3n) is 2.39. The molecule has 0 bridgehead atoms. The molecule has 2 aromatic rings. The minimum Gasteiger partial charge on any atom is -0.368 e. The molecule has 2 rings (SSSR count). The summed E-state index contributed by atoms with van der Waals surface area (Å²) in [6.45, 7) is 2.84. The van der Waals surface area contributed by atoms with Gasteiger partial charge in [-0.25, -0.2) is 18.7 Å². The molecule has 2 aromatic heterocycles. The second-order valence-corrected chi connectivity index (χ2v) is 4.76. The molecule has 0 atom stereocenters. The van der Waals surface area contributed by atoms with Gasteiger partial charge in [0.1, 0.15) is 0 Å². The molecular weight excluding hydrogens is 270 g/mol. The van der Waals surface area contributed by atoms with Gasteiger partial charge in [-0.3, -0.25) is 0 Å². The van der Waals surface area contributed by atoms with Crippen LogP contribution in [0.1, 0.15) is 11.9 Å². The van der Waals surface area contributed by atoms with Gasteiger partial charge in [0.15, 0.2) is 23.3 Å². The summed E-state index contributed by atoms with van der Waals surface area (Å²) in [6, 6.07) is 0.830. The van der Waals surface area contributed by atoms with E-state index in [9.17, 15) is 8.78 Å². The Hall–Kier alpha value is -1.76. The van der Waals surface area contributed by atoms with Gasteiger partial charge in [-0.1, -0.05) is 0 Å². The molecule has 102 valence electrons. The maximum absolute atomic E-state index is 13.5. The molecule has 0 fully saturated rings. The molecule has 0 aliphatic rings. The molecule has 0 unspecified atom stereocenters. The third kappa shape index (κ3) is 3.60. The first-order valence-corrected chi connectivity index (χ1v) is 6.80. The van der Waals surface area contributed by atoms with Crippen molar-refractivity contribution >= 4 is 23.0 Å². The number of hydrogen-bond acceptors (Lipinski definition) is 5. The molecule has 19 heavy (non-hydrogen) atoms. The highest BCUT2D eigenvalue weighted by molar-refractivity contribution is 7.09. The standard InChI is InChI=1S/C12H14F2N4S/c1-2-15-11-8(13)7-9(14)12(18-11)17-4-3-10-16-5-6-19-10/h5-7H,2-4H2,1H3,(H2,15,17,18). The van der Waals surface area contributed by atoms with Gasteiger partial charge in [-0.2, -0.15) is 0 Å². The summed E-state index contributed by atoms with van der Waals surface area (Å²) in [4.78, 5) is 8.01. The summed E-state index contributed by atoms with van der Waals surface area (Å²) >= 11 is 1.54. The number of nitrogens with zero attached hydrogens (tertiary/aromatic N) is 2. The lowest BCUT2D eigenvalue weighted by Crippen LogP contribution is -2.11. The number of aromatic nitrogens is 2. The van der Waals surface area contributed by atoms with Crippen LogP contribution < -0.4 is 10.6 Å². The molecular formula is C12H14F2N4S. The van der Waals surface area contributed by atoms with Crippen molar-refractivity contribution in [2.45, 2.75) is 13.3 Å². The van der Waals surface area contributed by atoms with Crippen molar-refractivity contribution < 1.29 is 8.78 Å². The van der Waals surface area contributed by atoms with Crippen LogP contribution in [0.4, 0.5) is 20.4 Å². The molecule has 0 aromatic carbocycles. The van der Waals surface area contributed by atoms with E-state index >= 15 is 0 Å². The van der Waals surface area contributed by atoms with Gasteiger partial charge in [0, 0.05) is 37.2 Å². The Bertz CT molecular complexity index is 531. The van der Waals surface area contributed by atoms with E-state index < -0.39 is 11.6 Å². The number of anilines is 2. The van der Waals surface area contributed by atoms with Gasteiger partial charge in [0.2, 0.25) is 0 Å². The molecule has 7 heteroatoms. The summed E-state index contributed by atoms with van der Waals surface area (Å²) in [5.41, 5.74) is 0. The van der Waals surface area contributed by atoms with Crippen LogP contribution in [-0.4, -0.2) is 23.1 Å². The van der Waals surface area contributed by atoms with Crippen LogP contribution in [0.3, 0.4) is 0 Å². The third-order valence-corrected chi connectivity index (χ3v) is 3.23. The summed E-state index contributed by atoms with van der Waals surface area (Å²) in [5.74, 6) is -1.28. The first-order chi connectivity index (χ1) is 9.20. The zero-order valence-electron chi connectivity index (χ0n) is 10.4. The fraction of sp³-hybridized carbons (Fsp3) is 0.333. The lowest BCUT2D eigenvalue weighted by atomic mass is 10.3. The molecule has 0 saturated heterocycles. The smallest absolute Gasteiger partial charge is 0.168 e. The number of hydrogen-bond donors (Lipinski definition) is 2. The Labute approximate surface area is 113 Å². The Balaban J connectivity index is 2.00. The Morgan fingerprint density at radius 3 is 2.58 bits per heavy atom. The maximum atomic E-state index is 13.5. The molecule has 0 saturated carbocycles. The quantitative estimate of drug-likeness (QED) is 0.856. The molecule has 2 heterocycles. The normalized spacial score (nSPS) is 10.5. The van der Waals surface area contributed by atoms with Crippen LogP contribution in [0.15, 0.2) is 17.6 Å². The van der Waals surface area contributed by atoms with E-state index in [1.807, 2.05) is 12.3 Å². The van der Waals surface area contributed by atoms with Crippen molar-refractivity contribution in [1.82, 2.24) is 9.97 Å². The largest absolute Gasteiger partial charge is 0.368 e. The summed E-state index contributed by atoms with van der Waals surface area (Å²) < 4.78 is 26.9. The lowest BCUT2D eigenvalue weighted by molar-refractivity contribution is 0.578. The van der Waals surface area contributed by atoms with Gasteiger partial charge in [0.25, 0.3) is 0 Å². The van der Waals surface area contributed by atoms with Crippen molar-refractivity contribution in [3.8, 4) is 0 Å². The summed E-state index contributed by atoms with van der Waals surface area (Å²) in [5, 5.41) is 8.44. The van der Waals surface area contributed by atoms with Crippen LogP contribution in [0, 0.1) is 11.6 Å². The van der Waals surface area contributed by atoms with Crippen molar-refractivity contribution in [1.29, 1.82) is 0 Å². The molecule has 2 N–H and O–H groups in total. The van der Waals surface area contributed by atoms with Crippen LogP contribution in [0.25, 0.3) is 0 Å². The van der Waals surface area contributed by atoms with Crippen molar-refractivity contribution in [3.05, 3.63) is 34.3 Å². The van der Waals surface area contributed by atoms with Gasteiger partial charge >= 0.3 is 0 Å². The number of rotatable bonds is 6. The zero-order chi connectivity index (χ0) is 13.7. The summed E-state index contributed by atoms with van der Waals surface area (Å²) in [6.07, 6.45) is 2.40. The minimum atomic E-state index is -0.696. The summed E-state index contributed by atoms with van der Waals surface area (Å²) in [7, 11) is 0. The van der Waals surface area contributed by atoms with E-state index in [0.29, 0.717) is 19.5 Å². The van der Waals surface area contributed by atoms with Crippen LogP contribution in [-0.2, 0) is 6.42 Å². The average molecular weight is 284 g/mol. The van der Waals surface area contributed by atoms with E-state index in [1.54, 1.807) is 6.20 Å². The van der Waals surface area contributed by atoms with Crippen LogP contribution >= 0.6 is 11.3 Å². The first-order valence-electron chi connectivity index (χ1n) is 5.93. The second-order valence-electron chi connectivity index (χ2n) is 3.78. The van der Waals surface area contributed by atoms with Crippen molar-refractivity contribution in [2.24, 2.45) is 0 Å². The highest BCUT2D eigenvalue weighted by Gasteiger charge is 2.11. The number of halogens is 2. The lowest BCUT2D eigenvalue weighted by Gasteiger charge is -2.09. The van der Waals surface area contributed by atoms with E-state index in [0.717, 1.165) is 11.1 Å². The Kier molecular flexibility index (Phi) is 4.62. The Morgan fingerprint density at radius 2 is 1.95 bits per heavy atom. The number of pyridine rings is 1. The molecule has 4 nitrogen and oxygen atoms in total. The van der Waals surface area contributed by atoms with E-state index in [2.05, 4.69) is 20.6 Å². The molecule has 0 radical (unpaired) electrons. The predicted octanol–water partition coefficient (Wildman–Crippen LogP) is 2.90. The predicted molar refractivity (Wildman–Crippen MR) is 72.6 cm³/mol. The van der Waals surface area contributed by atoms with Crippen molar-refractivity contribution in [2.75, 3.05) is 23.7 Å². The number of nitrogens with one attached hydrogen (secondary N) is 2. The van der Waals surface area contributed by atoms with Gasteiger partial charge in [-0.15, -0.1) is 11.3 Å². The molecule has 0 amide bonds. The number of thiazole rings is 1. The topological polar surface area (TPSA) is 49.8 Å². The fourth-order valence-electron chi connectivity index (χ4n) is 1.55. The van der Waals surface area contributed by atoms with Crippen LogP contribution in [0.2, 0.25) is 0 Å². The second kappa shape index (κ2) is 6.42. The highest BCUT2D eigenvalue weighted by Crippen LogP contribution is 2.19. The van der Waals surface area contributed by atoms with Gasteiger partial charge < -0.3 is 10.6 Å². The Morgan fingerprint density at radius 1 is 1.21 bits per heavy atom. The van der Waals surface area contributed by atoms with Gasteiger partial charge in [-0.05, 0) is 6.92 Å². The fourth-order valence-corrected chi connectivity index (χ4v) is 2.17. The monoisotopic (exact) mass is 284 g/mol.